The van der Waals surface area contributed by atoms with Crippen molar-refractivity contribution in [2.45, 2.75) is 131 Å². The number of urea groups is 6. The molecule has 6 atom stereocenters. The first-order valence-electron chi connectivity index (χ1n) is 43.5. The van der Waals surface area contributed by atoms with Crippen LogP contribution in [0.1, 0.15) is 126 Å². The molecule has 51 heteroatoms. The number of ether oxygens (including phenoxy) is 2. The fourth-order valence-electron chi connectivity index (χ4n) is 15.0. The molecule has 6 aromatic rings. The Morgan fingerprint density at radius 3 is 1.00 bits per heavy atom. The molecule has 6 aromatic heterocycles. The minimum atomic E-state index is -0.884. The fraction of sp³-hybridized carbons (Fsp3) is 0.404. The molecular formula is C89H110IN28NaO21. The maximum absolute atomic E-state index is 12.4. The molecule has 0 radical (unpaired) electrons. The average molecular weight is 2060 g/mol. The average Bonchev–Trinajstić information content (AvgIpc) is 1.64. The number of carbonyl (C=O) groups excluding carboxylic acids is 10. The SMILES string of the molecule is C/C(=N/OC(=O)OC(C)(C)C)c1cnn(C2=CC3CN(C2)C(=O)N3O)c1.C=CCON1C(=O)N2CC(I)=CC1C2.C=CCON1C(=O)N2CC(n3cc(/C(C)=N\O)cn3)=CC1C2.C=CCON1C(=O)N2CC(n3cc(/C(C)=N\OC(=O)OC(C)(C)C)cn3)=CC1C2.C=CCON1C(=O)N2CC(n3cc(C(C)=O)cn3)=CC1C2.CC(=O)c1cn[nH]c1.[CH2-]N1C(=O)N2CC(n3cc(/C(C)=N\O)cn3)=CC1C2.[Na+]. The normalized spacial score (nSPS) is 20.4. The molecule has 18 rings (SSSR count). The monoisotopic (exact) mass is 2060 g/mol. The van der Waals surface area contributed by atoms with Gasteiger partial charge >= 0.3 is 72.0 Å². The van der Waals surface area contributed by atoms with Crippen molar-refractivity contribution in [1.29, 1.82) is 0 Å². The summed E-state index contributed by atoms with van der Waals surface area (Å²) in [6.45, 7) is 42.2. The number of rotatable bonds is 25. The van der Waals surface area contributed by atoms with Crippen LogP contribution in [0.25, 0.3) is 28.5 Å². The number of hydrogen-bond donors (Lipinski definition) is 4. The van der Waals surface area contributed by atoms with E-state index >= 15 is 0 Å². The van der Waals surface area contributed by atoms with Gasteiger partial charge in [-0.15, -0.1) is 26.3 Å². The summed E-state index contributed by atoms with van der Waals surface area (Å²) in [6, 6.07) is -1.81. The van der Waals surface area contributed by atoms with Crippen LogP contribution in [0.2, 0.25) is 0 Å². The van der Waals surface area contributed by atoms with Gasteiger partial charge in [-0.2, -0.15) is 55.9 Å². The van der Waals surface area contributed by atoms with Gasteiger partial charge in [-0.3, -0.25) is 60.8 Å². The second kappa shape index (κ2) is 47.1. The number of carbonyl (C=O) groups is 10. The summed E-state index contributed by atoms with van der Waals surface area (Å²) < 4.78 is 19.6. The zero-order valence-electron chi connectivity index (χ0n) is 79.7. The molecule has 140 heavy (non-hydrogen) atoms. The van der Waals surface area contributed by atoms with Crippen LogP contribution >= 0.6 is 22.6 Å². The molecule has 4 N–H and O–H groups in total. The van der Waals surface area contributed by atoms with E-state index in [-0.39, 0.29) is 127 Å². The summed E-state index contributed by atoms with van der Waals surface area (Å²) >= 11 is 2.25. The molecule has 0 aliphatic carbocycles. The first-order valence-corrected chi connectivity index (χ1v) is 44.6. The van der Waals surface area contributed by atoms with E-state index in [1.807, 2.05) is 24.3 Å². The summed E-state index contributed by atoms with van der Waals surface area (Å²) in [5.41, 5.74) is 8.81. The van der Waals surface area contributed by atoms with E-state index in [0.29, 0.717) is 124 Å². The standard InChI is InChI=1S/C19H25N5O5.C16H21N5O5.C14H17N5O3.C14H16N4O3.C12H14N5O2.C9H11IN2O2.C5H6N2O.Na/c1-6-7-27-24-16-8-15(11-22(12-16)17(24)25)23-10-14(9-20-23)13(2)21-29-18(26)28-19(3,4)5;1-10(18-26-15(23)25-16(2,3)4)11-6-17-20(7-11)12-5-13-9-19(8-12)14(22)21(13)24;1-3-4-22-19-13-5-12(8-17(9-13)14(19)20)18-7-11(6-15-18)10(2)16-21;1-3-4-21-18-13-5-12(8-16(9-13)14(18)20)17-7-11(6-15-17)10(2)19;1-8(14-19)9-4-13-17(5-9)11-3-10-6-16(7-11)12(18)15(10)2;1-2-3-14-12-8-4-7(10)5-11(6-8)9(12)13;1-4(8)5-2-6-7-3-5;/h6,8-10,16H,1,7,11-12H2,2-5H3;5-7,13,24H,8-9H2,1-4H3;3,5-7,13,21H,1,4,8-9H2,2H3;3,5-7,13H,1,4,8-9H2,2H3;3-5,10,19H,2,6-7H2,1H3;2,4,8H,1,3,5-6H2;2-3H,1H3,(H,6,7);/q;;;;-1;;;+1/b21-13-;18-10-;16-10-;;14-8-;;;. The molecule has 12 amide bonds. The number of amides is 12. The second-order valence-electron chi connectivity index (χ2n) is 34.5. The second-order valence-corrected chi connectivity index (χ2v) is 35.9. The maximum Gasteiger partial charge on any atom is 1.00 e. The van der Waals surface area contributed by atoms with E-state index in [9.17, 15) is 53.2 Å². The van der Waals surface area contributed by atoms with Crippen molar-refractivity contribution >= 4 is 134 Å². The van der Waals surface area contributed by atoms with Crippen molar-refractivity contribution in [2.75, 3.05) is 105 Å². The number of oxime groups is 4. The van der Waals surface area contributed by atoms with Crippen LogP contribution in [0.4, 0.5) is 38.4 Å². The van der Waals surface area contributed by atoms with Crippen molar-refractivity contribution in [2.24, 2.45) is 20.6 Å². The molecule has 12 bridgehead atoms. The van der Waals surface area contributed by atoms with Crippen LogP contribution in [-0.4, -0.2) is 370 Å². The van der Waals surface area contributed by atoms with Gasteiger partial charge in [0.2, 0.25) is 0 Å². The summed E-state index contributed by atoms with van der Waals surface area (Å²) in [5.74, 6) is 0.00621. The molecule has 0 aromatic carbocycles. The number of H-pyrrole nitrogens is 1. The fourth-order valence-corrected chi connectivity index (χ4v) is 15.8. The van der Waals surface area contributed by atoms with Crippen molar-refractivity contribution in [3.8, 4) is 0 Å². The van der Waals surface area contributed by atoms with E-state index in [0.717, 1.165) is 51.2 Å². The van der Waals surface area contributed by atoms with Crippen LogP contribution in [0.3, 0.4) is 0 Å². The van der Waals surface area contributed by atoms with E-state index < -0.39 is 29.5 Å². The molecule has 12 aliphatic rings. The van der Waals surface area contributed by atoms with Crippen LogP contribution in [0.5, 0.6) is 0 Å². The maximum atomic E-state index is 12.4. The van der Waals surface area contributed by atoms with Gasteiger partial charge in [-0.1, -0.05) is 44.9 Å². The van der Waals surface area contributed by atoms with Gasteiger partial charge in [0.15, 0.2) is 11.6 Å². The Morgan fingerprint density at radius 2 is 0.707 bits per heavy atom. The van der Waals surface area contributed by atoms with Crippen molar-refractivity contribution in [3.63, 3.8) is 0 Å². The third kappa shape index (κ3) is 26.5. The number of hydrogen-bond acceptors (Lipinski definition) is 31. The zero-order chi connectivity index (χ0) is 101. The van der Waals surface area contributed by atoms with Gasteiger partial charge in [0.1, 0.15) is 11.2 Å². The van der Waals surface area contributed by atoms with Gasteiger partial charge in [-0.05, 0) is 142 Å². The number of fused-ring (bicyclic) bond motifs is 12. The van der Waals surface area contributed by atoms with Crippen LogP contribution in [0, 0.1) is 7.05 Å². The first-order chi connectivity index (χ1) is 66.2. The summed E-state index contributed by atoms with van der Waals surface area (Å²) in [7, 11) is 3.75. The van der Waals surface area contributed by atoms with E-state index in [4.69, 9.17) is 48.9 Å². The van der Waals surface area contributed by atoms with Crippen LogP contribution < -0.4 is 29.6 Å². The molecule has 0 saturated carbocycles. The number of Topliss-reactive ketones (excluding diaryl/α,β-unsaturated/α-hetero) is 2. The van der Waals surface area contributed by atoms with E-state index in [1.54, 1.807) is 209 Å². The molecule has 12 aliphatic heterocycles. The molecule has 6 fully saturated rings. The number of ketones is 2. The Morgan fingerprint density at radius 1 is 0.421 bits per heavy atom. The van der Waals surface area contributed by atoms with Crippen molar-refractivity contribution in [1.82, 2.24) is 119 Å². The van der Waals surface area contributed by atoms with E-state index in [1.165, 1.54) is 59.9 Å². The molecule has 740 valence electrons. The zero-order valence-corrected chi connectivity index (χ0v) is 83.8. The van der Waals surface area contributed by atoms with Gasteiger partial charge in [-0.25, -0.2) is 57.0 Å². The van der Waals surface area contributed by atoms with Gasteiger partial charge in [0.25, 0.3) is 6.03 Å². The minimum Gasteiger partial charge on any atom is -0.470 e. The topological polar surface area (TPSA) is 511 Å². The van der Waals surface area contributed by atoms with Crippen LogP contribution in [-0.2, 0) is 38.5 Å². The Labute approximate surface area is 840 Å². The smallest absolute Gasteiger partial charge is 0.470 e. The predicted molar refractivity (Wildman–Crippen MR) is 508 cm³/mol. The number of hydroxylamine groups is 10. The number of aromatic amines is 1. The van der Waals surface area contributed by atoms with Crippen LogP contribution in [0.15, 0.2) is 186 Å². The molecule has 6 unspecified atom stereocenters. The summed E-state index contributed by atoms with van der Waals surface area (Å²) in [6.07, 6.45) is 36.1. The van der Waals surface area contributed by atoms with Gasteiger partial charge in [0.05, 0.1) is 196 Å². The number of nitrogens with one attached hydrogen (secondary N) is 1. The minimum absolute atomic E-state index is 0. The summed E-state index contributed by atoms with van der Waals surface area (Å²) in [5, 5.41) is 74.8. The quantitative estimate of drug-likeness (QED) is 0.00388. The Kier molecular flexibility index (Phi) is 35.8. The number of aromatic nitrogens is 12. The largest absolute Gasteiger partial charge is 1.00 e. The predicted octanol–water partition coefficient (Wildman–Crippen LogP) is 6.86. The molecule has 49 nitrogen and oxygen atoms in total. The third-order valence-electron chi connectivity index (χ3n) is 21.9. The van der Waals surface area contributed by atoms with Crippen molar-refractivity contribution in [3.05, 3.63) is 205 Å². The van der Waals surface area contributed by atoms with Gasteiger partial charge in [0, 0.05) is 108 Å². The molecular weight excluding hydrogens is 1950 g/mol. The number of nitrogens with zero attached hydrogens (tertiary/aromatic N) is 27. The first kappa shape index (κ1) is 106. The van der Waals surface area contributed by atoms with Crippen molar-refractivity contribution < 1.29 is 132 Å². The molecule has 6 saturated heterocycles. The molecule has 18 heterocycles. The summed E-state index contributed by atoms with van der Waals surface area (Å²) in [4.78, 5) is 160. The van der Waals surface area contributed by atoms with Gasteiger partial charge < -0.3 is 54.2 Å². The Bertz CT molecular complexity index is 5960. The molecule has 0 spiro atoms. The Hall–Kier alpha value is -14.0. The van der Waals surface area contributed by atoms with E-state index in [2.05, 4.69) is 118 Å². The Balaban J connectivity index is 0.000000159. The number of halogens is 1. The third-order valence-corrected chi connectivity index (χ3v) is 22.6.